The second-order valence-corrected chi connectivity index (χ2v) is 8.63. The maximum atomic E-state index is 13.1. The average Bonchev–Trinajstić information content (AvgIpc) is 2.92. The Labute approximate surface area is 177 Å². The first-order chi connectivity index (χ1) is 14.6. The minimum absolute atomic E-state index is 0.103. The van der Waals surface area contributed by atoms with Crippen molar-refractivity contribution in [3.63, 3.8) is 0 Å². The number of benzene rings is 1. The van der Waals surface area contributed by atoms with Gasteiger partial charge in [-0.3, -0.25) is 9.59 Å². The number of amides is 3. The van der Waals surface area contributed by atoms with Gasteiger partial charge in [0.2, 0.25) is 0 Å². The molecule has 2 fully saturated rings. The highest BCUT2D eigenvalue weighted by Gasteiger charge is 2.41. The third kappa shape index (κ3) is 4.36. The fourth-order valence-corrected chi connectivity index (χ4v) is 5.03. The zero-order valence-corrected chi connectivity index (χ0v) is 17.7. The van der Waals surface area contributed by atoms with Gasteiger partial charge in [-0.05, 0) is 87.2 Å². The summed E-state index contributed by atoms with van der Waals surface area (Å²) in [6, 6.07) is 5.90. The Balaban J connectivity index is 1.39. The zero-order valence-electron chi connectivity index (χ0n) is 17.7. The molecule has 0 bridgehead atoms. The van der Waals surface area contributed by atoms with Crippen LogP contribution in [0.1, 0.15) is 49.7 Å². The Morgan fingerprint density at radius 3 is 2.57 bits per heavy atom. The van der Waals surface area contributed by atoms with Crippen LogP contribution in [0.5, 0.6) is 0 Å². The lowest BCUT2D eigenvalue weighted by Gasteiger charge is -2.33. The molecule has 1 N–H and O–H groups in total. The van der Waals surface area contributed by atoms with E-state index in [9.17, 15) is 14.4 Å². The quantitative estimate of drug-likeness (QED) is 0.593. The van der Waals surface area contributed by atoms with Gasteiger partial charge in [-0.15, -0.1) is 0 Å². The molecule has 162 valence electrons. The third-order valence-corrected chi connectivity index (χ3v) is 6.82. The molecular formula is C23H31N3O4. The maximum Gasteiger partial charge on any atom is 0.332 e. The number of fused-ring (bicyclic) bond motifs is 1. The fourth-order valence-electron chi connectivity index (χ4n) is 5.03. The number of nitrogens with zero attached hydrogens (tertiary/aromatic N) is 2. The van der Waals surface area contributed by atoms with E-state index < -0.39 is 0 Å². The van der Waals surface area contributed by atoms with E-state index in [1.807, 2.05) is 12.1 Å². The molecule has 4 rings (SSSR count). The zero-order chi connectivity index (χ0) is 21.1. The summed E-state index contributed by atoms with van der Waals surface area (Å²) >= 11 is 0. The minimum atomic E-state index is -0.190. The van der Waals surface area contributed by atoms with E-state index in [-0.39, 0.29) is 30.5 Å². The van der Waals surface area contributed by atoms with Crippen molar-refractivity contribution in [3.05, 3.63) is 29.3 Å². The maximum absolute atomic E-state index is 13.1. The lowest BCUT2D eigenvalue weighted by molar-refractivity contribution is -0.141. The van der Waals surface area contributed by atoms with Crippen LogP contribution in [0.4, 0.5) is 10.5 Å². The Hall–Kier alpha value is -2.41. The van der Waals surface area contributed by atoms with Gasteiger partial charge in [-0.2, -0.15) is 0 Å². The number of carbonyl (C=O) groups excluding carboxylic acids is 3. The summed E-state index contributed by atoms with van der Waals surface area (Å²) in [6.07, 6.45) is 6.90. The lowest BCUT2D eigenvalue weighted by Crippen LogP contribution is -2.41. The molecule has 1 aromatic rings. The monoisotopic (exact) mass is 413 g/mol. The smallest absolute Gasteiger partial charge is 0.332 e. The minimum Gasteiger partial charge on any atom is -0.469 e. The number of ether oxygens (including phenoxy) is 1. The van der Waals surface area contributed by atoms with Crippen molar-refractivity contribution in [1.29, 1.82) is 0 Å². The third-order valence-electron chi connectivity index (χ3n) is 6.82. The Morgan fingerprint density at radius 2 is 1.83 bits per heavy atom. The van der Waals surface area contributed by atoms with E-state index in [0.29, 0.717) is 18.0 Å². The van der Waals surface area contributed by atoms with E-state index in [4.69, 9.17) is 4.74 Å². The van der Waals surface area contributed by atoms with Crippen molar-refractivity contribution in [2.45, 2.75) is 57.4 Å². The number of hydrogen-bond acceptors (Lipinski definition) is 5. The molecule has 0 unspecified atom stereocenters. The molecule has 2 aliphatic heterocycles. The van der Waals surface area contributed by atoms with Crippen LogP contribution >= 0.6 is 0 Å². The van der Waals surface area contributed by atoms with Crippen molar-refractivity contribution < 1.29 is 19.1 Å². The molecule has 1 saturated heterocycles. The fraction of sp³-hybridized carbons (Fsp3) is 0.609. The summed E-state index contributed by atoms with van der Waals surface area (Å²) in [5, 5.41) is 3.39. The van der Waals surface area contributed by atoms with Crippen molar-refractivity contribution in [2.75, 3.05) is 31.6 Å². The van der Waals surface area contributed by atoms with E-state index >= 15 is 0 Å². The molecule has 2 heterocycles. The van der Waals surface area contributed by atoms with Gasteiger partial charge in [0.25, 0.3) is 5.91 Å². The van der Waals surface area contributed by atoms with Gasteiger partial charge >= 0.3 is 12.0 Å². The van der Waals surface area contributed by atoms with Crippen LogP contribution in [-0.4, -0.2) is 55.6 Å². The molecule has 30 heavy (non-hydrogen) atoms. The number of esters is 1. The van der Waals surface area contributed by atoms with Crippen LogP contribution < -0.4 is 10.2 Å². The number of nitrogens with one attached hydrogen (secondary N) is 1. The molecular weight excluding hydrogens is 382 g/mol. The second-order valence-electron chi connectivity index (χ2n) is 8.63. The summed E-state index contributed by atoms with van der Waals surface area (Å²) < 4.78 is 4.73. The van der Waals surface area contributed by atoms with Crippen LogP contribution in [-0.2, 0) is 27.2 Å². The number of imide groups is 1. The van der Waals surface area contributed by atoms with Crippen molar-refractivity contribution in [3.8, 4) is 0 Å². The summed E-state index contributed by atoms with van der Waals surface area (Å²) in [7, 11) is 1.42. The Bertz CT molecular complexity index is 817. The van der Waals surface area contributed by atoms with E-state index in [1.54, 1.807) is 4.90 Å². The highest BCUT2D eigenvalue weighted by molar-refractivity contribution is 6.19. The SMILES string of the molecule is COC(=O)CCC1CCC(N2CC(=O)N(c3ccc4c(c3)CCNCC4)C2=O)CC1. The molecule has 0 radical (unpaired) electrons. The first kappa shape index (κ1) is 20.8. The largest absolute Gasteiger partial charge is 0.469 e. The van der Waals surface area contributed by atoms with Gasteiger partial charge in [0.05, 0.1) is 12.8 Å². The van der Waals surface area contributed by atoms with Crippen LogP contribution in [0.2, 0.25) is 0 Å². The second kappa shape index (κ2) is 9.16. The van der Waals surface area contributed by atoms with E-state index in [0.717, 1.165) is 58.0 Å². The van der Waals surface area contributed by atoms with Crippen LogP contribution in [0.3, 0.4) is 0 Å². The topological polar surface area (TPSA) is 79.0 Å². The molecule has 1 aromatic carbocycles. The normalized spacial score (nSPS) is 24.6. The van der Waals surface area contributed by atoms with Gasteiger partial charge in [0.1, 0.15) is 6.54 Å². The number of anilines is 1. The van der Waals surface area contributed by atoms with Gasteiger partial charge in [0, 0.05) is 12.5 Å². The van der Waals surface area contributed by atoms with Gasteiger partial charge < -0.3 is 15.0 Å². The Morgan fingerprint density at radius 1 is 1.10 bits per heavy atom. The Kier molecular flexibility index (Phi) is 6.37. The molecule has 0 aromatic heterocycles. The number of rotatable bonds is 5. The number of urea groups is 1. The van der Waals surface area contributed by atoms with E-state index in [2.05, 4.69) is 11.4 Å². The van der Waals surface area contributed by atoms with Crippen LogP contribution in [0.25, 0.3) is 0 Å². The van der Waals surface area contributed by atoms with Gasteiger partial charge in [-0.1, -0.05) is 6.07 Å². The molecule has 1 saturated carbocycles. The predicted molar refractivity (Wildman–Crippen MR) is 113 cm³/mol. The predicted octanol–water partition coefficient (Wildman–Crippen LogP) is 2.66. The van der Waals surface area contributed by atoms with E-state index in [1.165, 1.54) is 23.1 Å². The molecule has 3 aliphatic rings. The number of methoxy groups -OCH3 is 1. The van der Waals surface area contributed by atoms with Gasteiger partial charge in [0.15, 0.2) is 0 Å². The average molecular weight is 414 g/mol. The van der Waals surface area contributed by atoms with Crippen molar-refractivity contribution in [1.82, 2.24) is 10.2 Å². The molecule has 0 atom stereocenters. The summed E-state index contributed by atoms with van der Waals surface area (Å²) in [4.78, 5) is 40.4. The van der Waals surface area contributed by atoms with Crippen molar-refractivity contribution in [2.24, 2.45) is 5.92 Å². The summed E-state index contributed by atoms with van der Waals surface area (Å²) in [5.41, 5.74) is 3.22. The molecule has 3 amide bonds. The molecule has 7 nitrogen and oxygen atoms in total. The number of carbonyl (C=O) groups is 3. The lowest BCUT2D eigenvalue weighted by atomic mass is 9.83. The van der Waals surface area contributed by atoms with Gasteiger partial charge in [-0.25, -0.2) is 9.69 Å². The molecule has 1 aliphatic carbocycles. The summed E-state index contributed by atoms with van der Waals surface area (Å²) in [6.45, 7) is 2.04. The molecule has 0 spiro atoms. The summed E-state index contributed by atoms with van der Waals surface area (Å²) in [5.74, 6) is 0.187. The highest BCUT2D eigenvalue weighted by Crippen LogP contribution is 2.34. The first-order valence-corrected chi connectivity index (χ1v) is 11.1. The van der Waals surface area contributed by atoms with Crippen molar-refractivity contribution >= 4 is 23.6 Å². The highest BCUT2D eigenvalue weighted by atomic mass is 16.5. The van der Waals surface area contributed by atoms with Crippen LogP contribution in [0.15, 0.2) is 18.2 Å². The number of hydrogen-bond donors (Lipinski definition) is 1. The first-order valence-electron chi connectivity index (χ1n) is 11.1. The van der Waals surface area contributed by atoms with Crippen LogP contribution in [0, 0.1) is 5.92 Å². The standard InChI is InChI=1S/C23H31N3O4/c1-30-22(28)9-4-16-2-6-19(7-3-16)25-15-21(27)26(23(25)29)20-8-5-17-10-12-24-13-11-18(17)14-20/h5,8,14,16,19,24H,2-4,6-7,9-13,15H2,1H3. The molecule has 7 heteroatoms.